The van der Waals surface area contributed by atoms with Crippen molar-refractivity contribution in [1.29, 1.82) is 0 Å². The lowest BCUT2D eigenvalue weighted by Crippen LogP contribution is -2.35. The summed E-state index contributed by atoms with van der Waals surface area (Å²) in [7, 11) is 0. The van der Waals surface area contributed by atoms with E-state index >= 15 is 0 Å². The second kappa shape index (κ2) is 6.45. The summed E-state index contributed by atoms with van der Waals surface area (Å²) in [4.78, 5) is 36.6. The van der Waals surface area contributed by atoms with Gasteiger partial charge in [0.2, 0.25) is 5.91 Å². The van der Waals surface area contributed by atoms with Gasteiger partial charge in [0.05, 0.1) is 6.54 Å². The van der Waals surface area contributed by atoms with Crippen LogP contribution in [-0.4, -0.2) is 41.9 Å². The number of halogens is 1. The average Bonchev–Trinajstić information content (AvgIpc) is 2.71. The standard InChI is InChI=1S/C15H16ClN3O4/c16-10-1-3-12-9(7-10)8-19(5-6-23-12)13(20)4-2-11-14(21)18-15(22)17-11/h1,3,7,11H,2,4-6,8H2,(H2,17,18,21,22)/t11-/m0/s1. The first kappa shape index (κ1) is 15.6. The Morgan fingerprint density at radius 3 is 2.96 bits per heavy atom. The normalized spacial score (nSPS) is 20.2. The highest BCUT2D eigenvalue weighted by Gasteiger charge is 2.30. The molecule has 0 aromatic heterocycles. The zero-order chi connectivity index (χ0) is 16.4. The number of urea groups is 1. The van der Waals surface area contributed by atoms with Crippen molar-refractivity contribution in [2.24, 2.45) is 0 Å². The second-order valence-electron chi connectivity index (χ2n) is 5.47. The molecule has 2 heterocycles. The van der Waals surface area contributed by atoms with Gasteiger partial charge in [0.15, 0.2) is 0 Å². The van der Waals surface area contributed by atoms with Crippen LogP contribution in [0.25, 0.3) is 0 Å². The zero-order valence-corrected chi connectivity index (χ0v) is 13.1. The second-order valence-corrected chi connectivity index (χ2v) is 5.91. The topological polar surface area (TPSA) is 87.7 Å². The Kier molecular flexibility index (Phi) is 4.38. The fraction of sp³-hybridized carbons (Fsp3) is 0.400. The SMILES string of the molecule is O=C1NC(=O)[C@H](CCC(=O)N2CCOc3ccc(Cl)cc3C2)N1. The fourth-order valence-corrected chi connectivity index (χ4v) is 2.86. The molecular weight excluding hydrogens is 322 g/mol. The van der Waals surface area contributed by atoms with E-state index in [1.165, 1.54) is 0 Å². The van der Waals surface area contributed by atoms with Crippen LogP contribution < -0.4 is 15.4 Å². The van der Waals surface area contributed by atoms with Gasteiger partial charge in [-0.3, -0.25) is 14.9 Å². The third-order valence-corrected chi connectivity index (χ3v) is 4.10. The lowest BCUT2D eigenvalue weighted by Gasteiger charge is -2.20. The summed E-state index contributed by atoms with van der Waals surface area (Å²) in [6, 6.07) is 4.17. The first-order valence-electron chi connectivity index (χ1n) is 7.33. The van der Waals surface area contributed by atoms with E-state index in [-0.39, 0.29) is 24.7 Å². The Morgan fingerprint density at radius 2 is 2.22 bits per heavy atom. The van der Waals surface area contributed by atoms with E-state index in [1.807, 2.05) is 0 Å². The van der Waals surface area contributed by atoms with E-state index in [4.69, 9.17) is 16.3 Å². The molecular formula is C15H16ClN3O4. The van der Waals surface area contributed by atoms with Gasteiger partial charge < -0.3 is 15.0 Å². The number of benzene rings is 1. The van der Waals surface area contributed by atoms with Crippen LogP contribution in [0, 0.1) is 0 Å². The number of carbonyl (C=O) groups excluding carboxylic acids is 3. The van der Waals surface area contributed by atoms with Crippen molar-refractivity contribution < 1.29 is 19.1 Å². The Labute approximate surface area is 137 Å². The van der Waals surface area contributed by atoms with Crippen molar-refractivity contribution >= 4 is 29.4 Å². The number of fused-ring (bicyclic) bond motifs is 1. The third kappa shape index (κ3) is 3.56. The Hall–Kier alpha value is -2.28. The molecule has 1 fully saturated rings. The predicted octanol–water partition coefficient (Wildman–Crippen LogP) is 1.05. The van der Waals surface area contributed by atoms with Gasteiger partial charge in [0, 0.05) is 23.6 Å². The van der Waals surface area contributed by atoms with Crippen molar-refractivity contribution in [3.05, 3.63) is 28.8 Å². The van der Waals surface area contributed by atoms with Gasteiger partial charge >= 0.3 is 6.03 Å². The molecule has 1 saturated heterocycles. The molecule has 2 aliphatic rings. The Balaban J connectivity index is 1.61. The number of hydrogen-bond acceptors (Lipinski definition) is 4. The molecule has 0 spiro atoms. The number of amides is 4. The van der Waals surface area contributed by atoms with Gasteiger partial charge in [0.1, 0.15) is 18.4 Å². The maximum atomic E-state index is 12.4. The number of ether oxygens (including phenoxy) is 1. The molecule has 2 N–H and O–H groups in total. The van der Waals surface area contributed by atoms with Gasteiger partial charge in [-0.15, -0.1) is 0 Å². The minimum atomic E-state index is -0.642. The average molecular weight is 338 g/mol. The van der Waals surface area contributed by atoms with Crippen LogP contribution in [0.3, 0.4) is 0 Å². The fourth-order valence-electron chi connectivity index (χ4n) is 2.66. The monoisotopic (exact) mass is 337 g/mol. The molecule has 0 bridgehead atoms. The van der Waals surface area contributed by atoms with E-state index in [1.54, 1.807) is 23.1 Å². The zero-order valence-electron chi connectivity index (χ0n) is 12.3. The van der Waals surface area contributed by atoms with Gasteiger partial charge in [-0.1, -0.05) is 11.6 Å². The summed E-state index contributed by atoms with van der Waals surface area (Å²) in [6.07, 6.45) is 0.449. The van der Waals surface area contributed by atoms with E-state index < -0.39 is 12.1 Å². The number of rotatable bonds is 3. The molecule has 0 saturated carbocycles. The molecule has 23 heavy (non-hydrogen) atoms. The molecule has 0 aliphatic carbocycles. The quantitative estimate of drug-likeness (QED) is 0.807. The molecule has 1 aromatic carbocycles. The first-order chi connectivity index (χ1) is 11.0. The van der Waals surface area contributed by atoms with Crippen molar-refractivity contribution in [1.82, 2.24) is 15.5 Å². The Bertz CT molecular complexity index is 664. The minimum Gasteiger partial charge on any atom is -0.491 e. The molecule has 4 amide bonds. The molecule has 122 valence electrons. The maximum absolute atomic E-state index is 12.4. The lowest BCUT2D eigenvalue weighted by atomic mass is 10.1. The van der Waals surface area contributed by atoms with E-state index in [2.05, 4.69) is 10.6 Å². The van der Waals surface area contributed by atoms with Gasteiger partial charge in [0.25, 0.3) is 5.91 Å². The van der Waals surface area contributed by atoms with Crippen molar-refractivity contribution in [3.8, 4) is 5.75 Å². The molecule has 3 rings (SSSR count). The van der Waals surface area contributed by atoms with Crippen LogP contribution in [0.4, 0.5) is 4.79 Å². The number of carbonyl (C=O) groups is 3. The highest BCUT2D eigenvalue weighted by atomic mass is 35.5. The molecule has 8 heteroatoms. The summed E-state index contributed by atoms with van der Waals surface area (Å²) >= 11 is 5.99. The van der Waals surface area contributed by atoms with Crippen LogP contribution in [0.2, 0.25) is 5.02 Å². The number of hydrogen-bond donors (Lipinski definition) is 2. The third-order valence-electron chi connectivity index (χ3n) is 3.86. The molecule has 1 aromatic rings. The molecule has 2 aliphatic heterocycles. The van der Waals surface area contributed by atoms with Crippen LogP contribution in [0.5, 0.6) is 5.75 Å². The largest absolute Gasteiger partial charge is 0.491 e. The van der Waals surface area contributed by atoms with Crippen molar-refractivity contribution in [3.63, 3.8) is 0 Å². The lowest BCUT2D eigenvalue weighted by molar-refractivity contribution is -0.132. The van der Waals surface area contributed by atoms with E-state index in [0.717, 1.165) is 11.3 Å². The van der Waals surface area contributed by atoms with Crippen LogP contribution in [0.15, 0.2) is 18.2 Å². The highest BCUT2D eigenvalue weighted by molar-refractivity contribution is 6.30. The van der Waals surface area contributed by atoms with E-state index in [0.29, 0.717) is 24.7 Å². The Morgan fingerprint density at radius 1 is 1.39 bits per heavy atom. The molecule has 1 atom stereocenters. The molecule has 0 unspecified atom stereocenters. The predicted molar refractivity (Wildman–Crippen MR) is 82.1 cm³/mol. The number of imide groups is 1. The minimum absolute atomic E-state index is 0.0876. The van der Waals surface area contributed by atoms with Gasteiger partial charge in [-0.05, 0) is 24.6 Å². The number of nitrogens with zero attached hydrogens (tertiary/aromatic N) is 1. The molecule has 0 radical (unpaired) electrons. The summed E-state index contributed by atoms with van der Waals surface area (Å²) in [5, 5.41) is 5.23. The highest BCUT2D eigenvalue weighted by Crippen LogP contribution is 2.26. The first-order valence-corrected chi connectivity index (χ1v) is 7.71. The maximum Gasteiger partial charge on any atom is 0.322 e. The van der Waals surface area contributed by atoms with Crippen LogP contribution in [0.1, 0.15) is 18.4 Å². The summed E-state index contributed by atoms with van der Waals surface area (Å²) in [6.45, 7) is 1.29. The smallest absolute Gasteiger partial charge is 0.322 e. The summed E-state index contributed by atoms with van der Waals surface area (Å²) in [5.41, 5.74) is 0.857. The number of nitrogens with one attached hydrogen (secondary N) is 2. The van der Waals surface area contributed by atoms with Crippen LogP contribution >= 0.6 is 11.6 Å². The summed E-state index contributed by atoms with van der Waals surface area (Å²) in [5.74, 6) is 0.252. The molecule has 7 nitrogen and oxygen atoms in total. The van der Waals surface area contributed by atoms with Crippen LogP contribution in [-0.2, 0) is 16.1 Å². The summed E-state index contributed by atoms with van der Waals surface area (Å²) < 4.78 is 5.62. The van der Waals surface area contributed by atoms with Crippen molar-refractivity contribution in [2.75, 3.05) is 13.2 Å². The van der Waals surface area contributed by atoms with Gasteiger partial charge in [-0.2, -0.15) is 0 Å². The van der Waals surface area contributed by atoms with E-state index in [9.17, 15) is 14.4 Å². The van der Waals surface area contributed by atoms with Crippen molar-refractivity contribution in [2.45, 2.75) is 25.4 Å². The van der Waals surface area contributed by atoms with Gasteiger partial charge in [-0.25, -0.2) is 4.79 Å².